The van der Waals surface area contributed by atoms with Crippen molar-refractivity contribution in [2.24, 2.45) is 0 Å². The van der Waals surface area contributed by atoms with Crippen LogP contribution in [0.2, 0.25) is 0 Å². The maximum absolute atomic E-state index is 4.24. The molecular weight excluding hydrogens is 160 g/mol. The van der Waals surface area contributed by atoms with E-state index in [1.165, 1.54) is 12.0 Å². The third kappa shape index (κ3) is 3.45. The lowest BCUT2D eigenvalue weighted by atomic mass is 10.0. The highest BCUT2D eigenvalue weighted by Crippen LogP contribution is 2.16. The first-order valence-corrected chi connectivity index (χ1v) is 4.83. The van der Waals surface area contributed by atoms with Gasteiger partial charge in [0.25, 0.3) is 0 Å². The molecular formula is C11H18N2. The van der Waals surface area contributed by atoms with Gasteiger partial charge in [0.15, 0.2) is 0 Å². The quantitative estimate of drug-likeness (QED) is 0.704. The SMILES string of the molecule is CC(C)=CCCC(C)c1ncc[nH]1. The van der Waals surface area contributed by atoms with Crippen molar-refractivity contribution in [2.45, 2.75) is 39.5 Å². The van der Waals surface area contributed by atoms with Crippen LogP contribution in [-0.4, -0.2) is 9.97 Å². The van der Waals surface area contributed by atoms with Crippen LogP contribution in [-0.2, 0) is 0 Å². The largest absolute Gasteiger partial charge is 0.348 e. The van der Waals surface area contributed by atoms with Gasteiger partial charge in [-0.25, -0.2) is 4.98 Å². The highest BCUT2D eigenvalue weighted by Gasteiger charge is 2.05. The van der Waals surface area contributed by atoms with E-state index >= 15 is 0 Å². The summed E-state index contributed by atoms with van der Waals surface area (Å²) in [4.78, 5) is 7.38. The van der Waals surface area contributed by atoms with E-state index in [2.05, 4.69) is 36.8 Å². The standard InChI is InChI=1S/C11H18N2/c1-9(2)5-4-6-10(3)11-12-7-8-13-11/h5,7-8,10H,4,6H2,1-3H3,(H,12,13). The summed E-state index contributed by atoms with van der Waals surface area (Å²) in [7, 11) is 0. The second-order valence-corrected chi connectivity index (χ2v) is 3.73. The number of rotatable bonds is 4. The summed E-state index contributed by atoms with van der Waals surface area (Å²) in [6.07, 6.45) is 8.28. The van der Waals surface area contributed by atoms with Gasteiger partial charge < -0.3 is 4.98 Å². The molecule has 1 aromatic heterocycles. The Kier molecular flexibility index (Phi) is 3.74. The van der Waals surface area contributed by atoms with Gasteiger partial charge in [-0.3, -0.25) is 0 Å². The Morgan fingerprint density at radius 2 is 2.38 bits per heavy atom. The topological polar surface area (TPSA) is 28.7 Å². The first-order chi connectivity index (χ1) is 6.20. The van der Waals surface area contributed by atoms with Crippen molar-refractivity contribution < 1.29 is 0 Å². The van der Waals surface area contributed by atoms with Gasteiger partial charge in [0, 0.05) is 18.3 Å². The predicted molar refractivity (Wildman–Crippen MR) is 55.7 cm³/mol. The number of aromatic nitrogens is 2. The summed E-state index contributed by atoms with van der Waals surface area (Å²) in [5, 5.41) is 0. The molecule has 1 rings (SSSR count). The minimum absolute atomic E-state index is 0.533. The molecule has 1 N–H and O–H groups in total. The molecule has 0 aliphatic carbocycles. The van der Waals surface area contributed by atoms with Gasteiger partial charge in [-0.2, -0.15) is 0 Å². The Labute approximate surface area is 80.1 Å². The number of allylic oxidation sites excluding steroid dienone is 2. The first-order valence-electron chi connectivity index (χ1n) is 4.83. The molecule has 2 heteroatoms. The number of nitrogens with zero attached hydrogens (tertiary/aromatic N) is 1. The summed E-state index contributed by atoms with van der Waals surface area (Å²) in [5.41, 5.74) is 1.40. The van der Waals surface area contributed by atoms with Crippen LogP contribution in [0.25, 0.3) is 0 Å². The Morgan fingerprint density at radius 1 is 1.62 bits per heavy atom. The molecule has 0 saturated carbocycles. The van der Waals surface area contributed by atoms with Gasteiger partial charge in [0.1, 0.15) is 5.82 Å². The van der Waals surface area contributed by atoms with Crippen molar-refractivity contribution in [1.29, 1.82) is 0 Å². The van der Waals surface area contributed by atoms with E-state index in [9.17, 15) is 0 Å². The third-order valence-electron chi connectivity index (χ3n) is 2.14. The molecule has 0 radical (unpaired) electrons. The van der Waals surface area contributed by atoms with E-state index in [0.717, 1.165) is 12.2 Å². The average Bonchev–Trinajstić information content (AvgIpc) is 2.55. The fourth-order valence-electron chi connectivity index (χ4n) is 1.31. The lowest BCUT2D eigenvalue weighted by molar-refractivity contribution is 0.653. The number of H-pyrrole nitrogens is 1. The Morgan fingerprint density at radius 3 is 2.92 bits per heavy atom. The molecule has 0 fully saturated rings. The zero-order valence-electron chi connectivity index (χ0n) is 8.67. The number of hydrogen-bond donors (Lipinski definition) is 1. The molecule has 0 aromatic carbocycles. The molecule has 2 nitrogen and oxygen atoms in total. The molecule has 0 spiro atoms. The van der Waals surface area contributed by atoms with E-state index in [4.69, 9.17) is 0 Å². The van der Waals surface area contributed by atoms with E-state index in [0.29, 0.717) is 5.92 Å². The predicted octanol–water partition coefficient (Wildman–Crippen LogP) is 3.26. The maximum atomic E-state index is 4.24. The van der Waals surface area contributed by atoms with Crippen molar-refractivity contribution in [3.63, 3.8) is 0 Å². The molecule has 0 saturated heterocycles. The first kappa shape index (κ1) is 10.0. The summed E-state index contributed by atoms with van der Waals surface area (Å²) in [5.74, 6) is 1.63. The number of aromatic amines is 1. The molecule has 0 bridgehead atoms. The molecule has 1 unspecified atom stereocenters. The normalized spacial score (nSPS) is 12.5. The summed E-state index contributed by atoms with van der Waals surface area (Å²) in [6.45, 7) is 6.48. The van der Waals surface area contributed by atoms with Crippen molar-refractivity contribution in [2.75, 3.05) is 0 Å². The highest BCUT2D eigenvalue weighted by molar-refractivity contribution is 4.98. The second-order valence-electron chi connectivity index (χ2n) is 3.73. The lowest BCUT2D eigenvalue weighted by Crippen LogP contribution is -1.95. The number of imidazole rings is 1. The molecule has 1 heterocycles. The monoisotopic (exact) mass is 178 g/mol. The van der Waals surface area contributed by atoms with Gasteiger partial charge in [0.2, 0.25) is 0 Å². The summed E-state index contributed by atoms with van der Waals surface area (Å²) >= 11 is 0. The maximum Gasteiger partial charge on any atom is 0.108 e. The van der Waals surface area contributed by atoms with E-state index < -0.39 is 0 Å². The molecule has 1 aromatic rings. The van der Waals surface area contributed by atoms with Crippen molar-refractivity contribution in [1.82, 2.24) is 9.97 Å². The fourth-order valence-corrected chi connectivity index (χ4v) is 1.31. The Hall–Kier alpha value is -1.05. The minimum atomic E-state index is 0.533. The third-order valence-corrected chi connectivity index (χ3v) is 2.14. The van der Waals surface area contributed by atoms with Crippen LogP contribution in [0.5, 0.6) is 0 Å². The zero-order chi connectivity index (χ0) is 9.68. The summed E-state index contributed by atoms with van der Waals surface area (Å²) in [6, 6.07) is 0. The Bertz CT molecular complexity index is 256. The number of hydrogen-bond acceptors (Lipinski definition) is 1. The average molecular weight is 178 g/mol. The smallest absolute Gasteiger partial charge is 0.108 e. The molecule has 13 heavy (non-hydrogen) atoms. The zero-order valence-corrected chi connectivity index (χ0v) is 8.67. The molecule has 1 atom stereocenters. The van der Waals surface area contributed by atoms with Gasteiger partial charge >= 0.3 is 0 Å². The van der Waals surface area contributed by atoms with Crippen LogP contribution >= 0.6 is 0 Å². The van der Waals surface area contributed by atoms with E-state index in [1.807, 2.05) is 12.4 Å². The van der Waals surface area contributed by atoms with Crippen LogP contribution in [0.15, 0.2) is 24.0 Å². The van der Waals surface area contributed by atoms with Crippen LogP contribution < -0.4 is 0 Å². The van der Waals surface area contributed by atoms with Gasteiger partial charge in [-0.15, -0.1) is 0 Å². The van der Waals surface area contributed by atoms with Crippen molar-refractivity contribution >= 4 is 0 Å². The lowest BCUT2D eigenvalue weighted by Gasteiger charge is -2.05. The highest BCUT2D eigenvalue weighted by atomic mass is 14.9. The minimum Gasteiger partial charge on any atom is -0.348 e. The van der Waals surface area contributed by atoms with Crippen LogP contribution in [0.1, 0.15) is 45.4 Å². The molecule has 0 aliphatic heterocycles. The van der Waals surface area contributed by atoms with Gasteiger partial charge in [-0.1, -0.05) is 18.6 Å². The molecule has 0 amide bonds. The molecule has 0 aliphatic rings. The van der Waals surface area contributed by atoms with Crippen molar-refractivity contribution in [3.05, 3.63) is 29.9 Å². The number of nitrogens with one attached hydrogen (secondary N) is 1. The fraction of sp³-hybridized carbons (Fsp3) is 0.545. The van der Waals surface area contributed by atoms with E-state index in [1.54, 1.807) is 0 Å². The Balaban J connectivity index is 2.34. The molecule has 72 valence electrons. The van der Waals surface area contributed by atoms with Gasteiger partial charge in [0.05, 0.1) is 0 Å². The van der Waals surface area contributed by atoms with E-state index in [-0.39, 0.29) is 0 Å². The summed E-state index contributed by atoms with van der Waals surface area (Å²) < 4.78 is 0. The van der Waals surface area contributed by atoms with Crippen LogP contribution in [0.3, 0.4) is 0 Å². The van der Waals surface area contributed by atoms with Crippen LogP contribution in [0, 0.1) is 0 Å². The van der Waals surface area contributed by atoms with Gasteiger partial charge in [-0.05, 0) is 26.7 Å². The second kappa shape index (κ2) is 4.85. The van der Waals surface area contributed by atoms with Crippen LogP contribution in [0.4, 0.5) is 0 Å². The van der Waals surface area contributed by atoms with Crippen molar-refractivity contribution in [3.8, 4) is 0 Å².